The highest BCUT2D eigenvalue weighted by Gasteiger charge is 2.18. The van der Waals surface area contributed by atoms with E-state index in [1.807, 2.05) is 19.9 Å². The second-order valence-corrected chi connectivity index (χ2v) is 6.71. The molecule has 1 N–H and O–H groups in total. The Morgan fingerprint density at radius 1 is 1.16 bits per heavy atom. The van der Waals surface area contributed by atoms with Crippen molar-refractivity contribution in [3.05, 3.63) is 64.2 Å². The number of rotatable bonds is 8. The fourth-order valence-corrected chi connectivity index (χ4v) is 2.67. The van der Waals surface area contributed by atoms with Crippen molar-refractivity contribution in [3.8, 4) is 5.75 Å². The van der Waals surface area contributed by atoms with Gasteiger partial charge in [-0.3, -0.25) is 4.79 Å². The molecule has 0 heterocycles. The van der Waals surface area contributed by atoms with Crippen LogP contribution >= 0.6 is 11.6 Å². The molecule has 2 aromatic carbocycles. The van der Waals surface area contributed by atoms with Crippen LogP contribution in [0.1, 0.15) is 36.5 Å². The second-order valence-electron chi connectivity index (χ2n) is 6.31. The number of nitrogens with one attached hydrogen (secondary N) is 1. The largest absolute Gasteiger partial charge is 0.481 e. The van der Waals surface area contributed by atoms with E-state index in [0.29, 0.717) is 23.7 Å². The third-order valence-electron chi connectivity index (χ3n) is 4.13. The molecule has 25 heavy (non-hydrogen) atoms. The molecule has 0 radical (unpaired) electrons. The molecule has 0 saturated carbocycles. The summed E-state index contributed by atoms with van der Waals surface area (Å²) in [5.74, 6) is 0.600. The first-order valence-corrected chi connectivity index (χ1v) is 9.13. The van der Waals surface area contributed by atoms with Crippen LogP contribution in [-0.4, -0.2) is 18.6 Å². The van der Waals surface area contributed by atoms with Crippen molar-refractivity contribution in [2.75, 3.05) is 6.54 Å². The van der Waals surface area contributed by atoms with E-state index in [4.69, 9.17) is 16.3 Å². The van der Waals surface area contributed by atoms with Gasteiger partial charge in [-0.1, -0.05) is 48.4 Å². The molecule has 0 spiro atoms. The van der Waals surface area contributed by atoms with Crippen molar-refractivity contribution in [1.29, 1.82) is 0 Å². The Hall–Kier alpha value is -2.00. The smallest absolute Gasteiger partial charge is 0.261 e. The molecule has 0 fully saturated rings. The molecular formula is C21H26ClNO2. The summed E-state index contributed by atoms with van der Waals surface area (Å²) in [6.07, 6.45) is 1.99. The predicted octanol–water partition coefficient (Wildman–Crippen LogP) is 4.86. The third-order valence-corrected chi connectivity index (χ3v) is 4.56. The summed E-state index contributed by atoms with van der Waals surface area (Å²) in [5, 5.41) is 3.67. The van der Waals surface area contributed by atoms with Crippen LogP contribution in [0.2, 0.25) is 5.02 Å². The quantitative estimate of drug-likeness (QED) is 0.683. The molecule has 0 aliphatic heterocycles. The minimum Gasteiger partial charge on any atom is -0.481 e. The van der Waals surface area contributed by atoms with Crippen molar-refractivity contribution in [2.24, 2.45) is 0 Å². The van der Waals surface area contributed by atoms with Gasteiger partial charge in [0, 0.05) is 11.6 Å². The van der Waals surface area contributed by atoms with Crippen LogP contribution in [0.5, 0.6) is 5.75 Å². The first kappa shape index (κ1) is 19.3. The van der Waals surface area contributed by atoms with E-state index in [9.17, 15) is 4.79 Å². The zero-order chi connectivity index (χ0) is 18.2. The number of benzene rings is 2. The van der Waals surface area contributed by atoms with Gasteiger partial charge < -0.3 is 10.1 Å². The Labute approximate surface area is 155 Å². The SMILES string of the molecule is CC[C@H](Oc1ccc(Cl)c(C)c1)C(=O)NCCCc1ccc(C)cc1. The third kappa shape index (κ3) is 6.09. The molecule has 4 heteroatoms. The maximum atomic E-state index is 12.3. The van der Waals surface area contributed by atoms with Gasteiger partial charge in [-0.05, 0) is 62.4 Å². The van der Waals surface area contributed by atoms with Crippen LogP contribution < -0.4 is 10.1 Å². The zero-order valence-electron chi connectivity index (χ0n) is 15.1. The Bertz CT molecular complexity index is 698. The number of hydrogen-bond acceptors (Lipinski definition) is 2. The van der Waals surface area contributed by atoms with Gasteiger partial charge in [0.2, 0.25) is 0 Å². The van der Waals surface area contributed by atoms with E-state index in [1.54, 1.807) is 12.1 Å². The zero-order valence-corrected chi connectivity index (χ0v) is 15.9. The molecule has 0 aliphatic rings. The van der Waals surface area contributed by atoms with E-state index in [2.05, 4.69) is 36.5 Å². The molecule has 1 amide bonds. The summed E-state index contributed by atoms with van der Waals surface area (Å²) < 4.78 is 5.82. The molecule has 2 rings (SSSR count). The van der Waals surface area contributed by atoms with Crippen LogP contribution in [-0.2, 0) is 11.2 Å². The monoisotopic (exact) mass is 359 g/mol. The summed E-state index contributed by atoms with van der Waals surface area (Å²) in [7, 11) is 0. The number of halogens is 1. The normalized spacial score (nSPS) is 11.8. The maximum Gasteiger partial charge on any atom is 0.261 e. The van der Waals surface area contributed by atoms with Crippen molar-refractivity contribution in [1.82, 2.24) is 5.32 Å². The summed E-state index contributed by atoms with van der Waals surface area (Å²) >= 11 is 6.02. The van der Waals surface area contributed by atoms with Crippen molar-refractivity contribution in [2.45, 2.75) is 46.1 Å². The van der Waals surface area contributed by atoms with Crippen LogP contribution in [0.25, 0.3) is 0 Å². The van der Waals surface area contributed by atoms with Crippen molar-refractivity contribution < 1.29 is 9.53 Å². The van der Waals surface area contributed by atoms with E-state index in [0.717, 1.165) is 18.4 Å². The fraction of sp³-hybridized carbons (Fsp3) is 0.381. The summed E-state index contributed by atoms with van der Waals surface area (Å²) in [4.78, 5) is 12.3. The van der Waals surface area contributed by atoms with Gasteiger partial charge in [-0.2, -0.15) is 0 Å². The minimum atomic E-state index is -0.486. The standard InChI is InChI=1S/C21H26ClNO2/c1-4-20(25-18-11-12-19(22)16(3)14-18)21(24)23-13-5-6-17-9-7-15(2)8-10-17/h7-12,14,20H,4-6,13H2,1-3H3,(H,23,24)/t20-/m0/s1. The number of ether oxygens (including phenoxy) is 1. The fourth-order valence-electron chi connectivity index (χ4n) is 2.55. The lowest BCUT2D eigenvalue weighted by Crippen LogP contribution is -2.38. The van der Waals surface area contributed by atoms with Crippen molar-refractivity contribution in [3.63, 3.8) is 0 Å². The summed E-state index contributed by atoms with van der Waals surface area (Å²) in [6, 6.07) is 13.9. The molecule has 2 aromatic rings. The Balaban J connectivity index is 1.79. The Morgan fingerprint density at radius 2 is 1.88 bits per heavy atom. The van der Waals surface area contributed by atoms with E-state index >= 15 is 0 Å². The van der Waals surface area contributed by atoms with Crippen molar-refractivity contribution >= 4 is 17.5 Å². The van der Waals surface area contributed by atoms with Crippen LogP contribution in [0.15, 0.2) is 42.5 Å². The molecule has 0 bridgehead atoms. The average molecular weight is 360 g/mol. The minimum absolute atomic E-state index is 0.0704. The summed E-state index contributed by atoms with van der Waals surface area (Å²) in [6.45, 7) is 6.59. The molecule has 134 valence electrons. The van der Waals surface area contributed by atoms with Gasteiger partial charge in [0.25, 0.3) is 5.91 Å². The lowest BCUT2D eigenvalue weighted by atomic mass is 10.1. The van der Waals surface area contributed by atoms with E-state index in [-0.39, 0.29) is 5.91 Å². The molecule has 0 saturated heterocycles. The van der Waals surface area contributed by atoms with Gasteiger partial charge in [0.1, 0.15) is 5.75 Å². The Kier molecular flexibility index (Phi) is 7.32. The molecule has 0 aromatic heterocycles. The van der Waals surface area contributed by atoms with E-state index < -0.39 is 6.10 Å². The number of hydrogen-bond donors (Lipinski definition) is 1. The predicted molar refractivity (Wildman–Crippen MR) is 103 cm³/mol. The van der Waals surface area contributed by atoms with Gasteiger partial charge in [0.05, 0.1) is 0 Å². The molecule has 1 atom stereocenters. The van der Waals surface area contributed by atoms with Gasteiger partial charge in [-0.25, -0.2) is 0 Å². The second kappa shape index (κ2) is 9.47. The molecule has 0 unspecified atom stereocenters. The molecule has 0 aliphatic carbocycles. The molecule has 3 nitrogen and oxygen atoms in total. The van der Waals surface area contributed by atoms with E-state index in [1.165, 1.54) is 11.1 Å². The summed E-state index contributed by atoms with van der Waals surface area (Å²) in [5.41, 5.74) is 3.49. The first-order valence-electron chi connectivity index (χ1n) is 8.75. The lowest BCUT2D eigenvalue weighted by Gasteiger charge is -2.18. The van der Waals surface area contributed by atoms with Gasteiger partial charge >= 0.3 is 0 Å². The highest BCUT2D eigenvalue weighted by molar-refractivity contribution is 6.31. The number of carbonyl (C=O) groups is 1. The highest BCUT2D eigenvalue weighted by Crippen LogP contribution is 2.22. The average Bonchev–Trinajstić information content (AvgIpc) is 2.61. The number of carbonyl (C=O) groups excluding carboxylic acids is 1. The Morgan fingerprint density at radius 3 is 2.52 bits per heavy atom. The molecular weight excluding hydrogens is 334 g/mol. The number of aryl methyl sites for hydroxylation is 3. The lowest BCUT2D eigenvalue weighted by molar-refractivity contribution is -0.128. The topological polar surface area (TPSA) is 38.3 Å². The first-order chi connectivity index (χ1) is 12.0. The highest BCUT2D eigenvalue weighted by atomic mass is 35.5. The van der Waals surface area contributed by atoms with Crippen LogP contribution in [0.4, 0.5) is 0 Å². The maximum absolute atomic E-state index is 12.3. The van der Waals surface area contributed by atoms with Crippen LogP contribution in [0.3, 0.4) is 0 Å². The van der Waals surface area contributed by atoms with Crippen LogP contribution in [0, 0.1) is 13.8 Å². The van der Waals surface area contributed by atoms with Gasteiger partial charge in [0.15, 0.2) is 6.10 Å². The van der Waals surface area contributed by atoms with Gasteiger partial charge in [-0.15, -0.1) is 0 Å². The number of amides is 1.